The molecule has 2 aliphatic carbocycles. The Bertz CT molecular complexity index is 1270. The van der Waals surface area contributed by atoms with E-state index in [9.17, 15) is 14.4 Å². The maximum absolute atomic E-state index is 12.9. The predicted octanol–water partition coefficient (Wildman–Crippen LogP) is 4.23. The van der Waals surface area contributed by atoms with Gasteiger partial charge in [0.05, 0.1) is 6.54 Å². The van der Waals surface area contributed by atoms with E-state index in [1.165, 1.54) is 11.3 Å². The SMILES string of the molecule is Cc1sc(CNC(=O)C2(NC(=O)OCC3c4ccccc4-c4ccccc43)CCC2)nc1C(=O)O. The van der Waals surface area contributed by atoms with Gasteiger partial charge in [-0.05, 0) is 48.4 Å². The Morgan fingerprint density at radius 2 is 1.71 bits per heavy atom. The van der Waals surface area contributed by atoms with Gasteiger partial charge in [-0.2, -0.15) is 0 Å². The van der Waals surface area contributed by atoms with Crippen molar-refractivity contribution in [1.29, 1.82) is 0 Å². The number of aryl methyl sites for hydroxylation is 1. The summed E-state index contributed by atoms with van der Waals surface area (Å²) in [4.78, 5) is 41.5. The fourth-order valence-electron chi connectivity index (χ4n) is 4.82. The molecule has 0 spiro atoms. The molecule has 9 heteroatoms. The van der Waals surface area contributed by atoms with Crippen LogP contribution in [-0.2, 0) is 16.1 Å². The van der Waals surface area contributed by atoms with Crippen LogP contribution in [0.25, 0.3) is 11.1 Å². The Balaban J connectivity index is 1.21. The molecule has 0 unspecified atom stereocenters. The van der Waals surface area contributed by atoms with E-state index < -0.39 is 17.6 Å². The molecule has 180 valence electrons. The molecule has 0 radical (unpaired) electrons. The number of fused-ring (bicyclic) bond motifs is 3. The highest BCUT2D eigenvalue weighted by molar-refractivity contribution is 7.11. The lowest BCUT2D eigenvalue weighted by atomic mass is 9.76. The van der Waals surface area contributed by atoms with Crippen molar-refractivity contribution in [3.05, 3.63) is 75.2 Å². The van der Waals surface area contributed by atoms with Crippen molar-refractivity contribution in [2.75, 3.05) is 6.61 Å². The Morgan fingerprint density at radius 3 is 2.26 bits per heavy atom. The minimum atomic E-state index is -1.09. The molecular weight excluding hydrogens is 466 g/mol. The molecule has 2 aliphatic rings. The van der Waals surface area contributed by atoms with Crippen LogP contribution in [0.1, 0.15) is 56.7 Å². The van der Waals surface area contributed by atoms with E-state index in [0.29, 0.717) is 22.7 Å². The van der Waals surface area contributed by atoms with Crippen molar-refractivity contribution in [1.82, 2.24) is 15.6 Å². The van der Waals surface area contributed by atoms with Crippen LogP contribution < -0.4 is 10.6 Å². The van der Waals surface area contributed by atoms with Gasteiger partial charge < -0.3 is 20.5 Å². The van der Waals surface area contributed by atoms with Gasteiger partial charge in [0.25, 0.3) is 0 Å². The maximum Gasteiger partial charge on any atom is 0.408 e. The molecular formula is C26H25N3O5S. The minimum absolute atomic E-state index is 0.00521. The molecule has 2 amide bonds. The normalized spacial score (nSPS) is 15.5. The third kappa shape index (κ3) is 4.27. The summed E-state index contributed by atoms with van der Waals surface area (Å²) in [5.41, 5.74) is 3.51. The first kappa shape index (κ1) is 23.0. The minimum Gasteiger partial charge on any atom is -0.476 e. The predicted molar refractivity (Wildman–Crippen MR) is 130 cm³/mol. The topological polar surface area (TPSA) is 118 Å². The third-order valence-electron chi connectivity index (χ3n) is 6.77. The van der Waals surface area contributed by atoms with E-state index in [1.807, 2.05) is 24.3 Å². The van der Waals surface area contributed by atoms with Gasteiger partial charge in [0.2, 0.25) is 5.91 Å². The van der Waals surface area contributed by atoms with Crippen molar-refractivity contribution < 1.29 is 24.2 Å². The smallest absolute Gasteiger partial charge is 0.408 e. The monoisotopic (exact) mass is 491 g/mol. The molecule has 0 atom stereocenters. The molecule has 1 aromatic heterocycles. The molecule has 0 saturated heterocycles. The Morgan fingerprint density at radius 1 is 1.09 bits per heavy atom. The van der Waals surface area contributed by atoms with Gasteiger partial charge in [-0.3, -0.25) is 4.79 Å². The maximum atomic E-state index is 12.9. The lowest BCUT2D eigenvalue weighted by Gasteiger charge is -2.40. The van der Waals surface area contributed by atoms with E-state index in [2.05, 4.69) is 39.9 Å². The lowest BCUT2D eigenvalue weighted by Crippen LogP contribution is -2.62. The first-order valence-electron chi connectivity index (χ1n) is 11.5. The number of carbonyl (C=O) groups excluding carboxylic acids is 2. The number of aromatic carboxylic acids is 1. The van der Waals surface area contributed by atoms with Crippen molar-refractivity contribution >= 4 is 29.3 Å². The highest BCUT2D eigenvalue weighted by Gasteiger charge is 2.46. The van der Waals surface area contributed by atoms with E-state index in [0.717, 1.165) is 28.7 Å². The summed E-state index contributed by atoms with van der Waals surface area (Å²) in [5, 5.41) is 15.3. The highest BCUT2D eigenvalue weighted by Crippen LogP contribution is 2.44. The molecule has 2 aromatic carbocycles. The van der Waals surface area contributed by atoms with Gasteiger partial charge in [0.15, 0.2) is 5.69 Å². The molecule has 3 N–H and O–H groups in total. The van der Waals surface area contributed by atoms with Crippen LogP contribution in [0.2, 0.25) is 0 Å². The Hall–Kier alpha value is -3.72. The number of nitrogens with one attached hydrogen (secondary N) is 2. The average molecular weight is 492 g/mol. The van der Waals surface area contributed by atoms with Gasteiger partial charge in [-0.1, -0.05) is 48.5 Å². The second-order valence-electron chi connectivity index (χ2n) is 8.89. The third-order valence-corrected chi connectivity index (χ3v) is 7.74. The number of hydrogen-bond donors (Lipinski definition) is 3. The molecule has 0 bridgehead atoms. The highest BCUT2D eigenvalue weighted by atomic mass is 32.1. The molecule has 5 rings (SSSR count). The van der Waals surface area contributed by atoms with Gasteiger partial charge >= 0.3 is 12.1 Å². The zero-order valence-electron chi connectivity index (χ0n) is 19.2. The van der Waals surface area contributed by atoms with Crippen molar-refractivity contribution in [2.24, 2.45) is 0 Å². The summed E-state index contributed by atoms with van der Waals surface area (Å²) in [6.45, 7) is 1.96. The van der Waals surface area contributed by atoms with Crippen LogP contribution in [0.15, 0.2) is 48.5 Å². The summed E-state index contributed by atoms with van der Waals surface area (Å²) in [6, 6.07) is 16.2. The zero-order chi connectivity index (χ0) is 24.6. The molecule has 1 heterocycles. The lowest BCUT2D eigenvalue weighted by molar-refractivity contribution is -0.131. The number of aromatic nitrogens is 1. The molecule has 35 heavy (non-hydrogen) atoms. The fraction of sp³-hybridized carbons (Fsp3) is 0.308. The van der Waals surface area contributed by atoms with Crippen LogP contribution in [0.3, 0.4) is 0 Å². The van der Waals surface area contributed by atoms with Crippen molar-refractivity contribution in [3.8, 4) is 11.1 Å². The van der Waals surface area contributed by atoms with Gasteiger partial charge in [-0.25, -0.2) is 14.6 Å². The van der Waals surface area contributed by atoms with Crippen molar-refractivity contribution in [2.45, 2.75) is 44.2 Å². The van der Waals surface area contributed by atoms with Gasteiger partial charge in [0, 0.05) is 10.8 Å². The summed E-state index contributed by atoms with van der Waals surface area (Å²) in [7, 11) is 0. The summed E-state index contributed by atoms with van der Waals surface area (Å²) >= 11 is 1.23. The number of carboxylic acid groups (broad SMARTS) is 1. The number of carboxylic acids is 1. The van der Waals surface area contributed by atoms with E-state index in [4.69, 9.17) is 9.84 Å². The number of rotatable bonds is 7. The molecule has 1 fully saturated rings. The Labute approximate surface area is 206 Å². The van der Waals surface area contributed by atoms with E-state index >= 15 is 0 Å². The quantitative estimate of drug-likeness (QED) is 0.455. The number of ether oxygens (including phenoxy) is 1. The molecule has 1 saturated carbocycles. The van der Waals surface area contributed by atoms with Crippen LogP contribution in [0.5, 0.6) is 0 Å². The van der Waals surface area contributed by atoms with Crippen LogP contribution in [0, 0.1) is 6.92 Å². The second kappa shape index (κ2) is 9.14. The number of nitrogens with zero attached hydrogens (tertiary/aromatic N) is 1. The van der Waals surface area contributed by atoms with E-state index in [-0.39, 0.29) is 30.7 Å². The van der Waals surface area contributed by atoms with Gasteiger partial charge in [-0.15, -0.1) is 11.3 Å². The molecule has 8 nitrogen and oxygen atoms in total. The fourth-order valence-corrected chi connectivity index (χ4v) is 5.68. The number of benzene rings is 2. The first-order valence-corrected chi connectivity index (χ1v) is 12.3. The number of carbonyl (C=O) groups is 3. The number of hydrogen-bond acceptors (Lipinski definition) is 6. The van der Waals surface area contributed by atoms with Crippen LogP contribution in [0.4, 0.5) is 4.79 Å². The standard InChI is InChI=1S/C26H25N3O5S/c1-15-22(23(30)31)28-21(35-15)13-27-24(32)26(11-6-12-26)29-25(33)34-14-20-18-9-4-2-7-16(18)17-8-3-5-10-19(17)20/h2-5,7-10,20H,6,11-14H2,1H3,(H,27,32)(H,29,33)(H,30,31). The van der Waals surface area contributed by atoms with E-state index in [1.54, 1.807) is 6.92 Å². The van der Waals surface area contributed by atoms with Crippen LogP contribution in [-0.4, -0.2) is 40.2 Å². The van der Waals surface area contributed by atoms with Crippen LogP contribution >= 0.6 is 11.3 Å². The van der Waals surface area contributed by atoms with Gasteiger partial charge in [0.1, 0.15) is 17.2 Å². The van der Waals surface area contributed by atoms with Crippen molar-refractivity contribution in [3.63, 3.8) is 0 Å². The largest absolute Gasteiger partial charge is 0.476 e. The number of alkyl carbamates (subject to hydrolysis) is 1. The number of amides is 2. The summed E-state index contributed by atoms with van der Waals surface area (Å²) < 4.78 is 5.62. The average Bonchev–Trinajstić information content (AvgIpc) is 3.36. The molecule has 3 aromatic rings. The second-order valence-corrected chi connectivity index (χ2v) is 10.2. The zero-order valence-corrected chi connectivity index (χ0v) is 20.0. The number of thiazole rings is 1. The summed E-state index contributed by atoms with van der Waals surface area (Å²) in [6.07, 6.45) is 1.22. The summed E-state index contributed by atoms with van der Waals surface area (Å²) in [5.74, 6) is -1.47. The Kier molecular flexibility index (Phi) is 6.02. The molecule has 0 aliphatic heterocycles. The first-order chi connectivity index (χ1) is 16.9.